The third-order valence-electron chi connectivity index (χ3n) is 9.01. The molecule has 12 heteroatoms. The minimum absolute atomic E-state index is 0.00856. The van der Waals surface area contributed by atoms with Crippen LogP contribution in [0, 0.1) is 10.8 Å². The van der Waals surface area contributed by atoms with Gasteiger partial charge in [0, 0.05) is 6.04 Å². The first-order chi connectivity index (χ1) is 19.6. The van der Waals surface area contributed by atoms with E-state index in [9.17, 15) is 32.7 Å². The summed E-state index contributed by atoms with van der Waals surface area (Å²) in [6, 6.07) is 3.50. The first-order valence-electron chi connectivity index (χ1n) is 14.1. The second kappa shape index (κ2) is 11.9. The van der Waals surface area contributed by atoms with Gasteiger partial charge in [0.2, 0.25) is 0 Å². The number of Topliss-reactive ketones (excluding diaryl/α,β-unsaturated/α-hetero) is 1. The zero-order chi connectivity index (χ0) is 31.0. The second-order valence-electron chi connectivity index (χ2n) is 12.5. The van der Waals surface area contributed by atoms with Crippen LogP contribution < -0.4 is 4.74 Å². The van der Waals surface area contributed by atoms with Crippen molar-refractivity contribution < 1.29 is 37.4 Å². The van der Waals surface area contributed by atoms with Crippen molar-refractivity contribution >= 4 is 29.3 Å². The molecule has 42 heavy (non-hydrogen) atoms. The fourth-order valence-corrected chi connectivity index (χ4v) is 6.44. The van der Waals surface area contributed by atoms with Crippen molar-refractivity contribution in [3.8, 4) is 5.75 Å². The van der Waals surface area contributed by atoms with E-state index < -0.39 is 59.1 Å². The number of amides is 1. The highest BCUT2D eigenvalue weighted by molar-refractivity contribution is 6.34. The average Bonchev–Trinajstić information content (AvgIpc) is 3.38. The molecule has 1 aromatic carbocycles. The standard InChI is InChI=1S/C30H37ClF3N3O5/c1-28(2)12-8-18(9-13-28)36(17-22(38)24-21(31)6-5-7-23(24)42-4)26(39)20-16-35-37(25(20)30(32,33)34)19-10-14-29(3,15-11-19)27(40)41/h5-7,16,18-19H,8-15,17H2,1-4H3,(H,40,41)/t19-,29-. The second-order valence-corrected chi connectivity index (χ2v) is 12.9. The Morgan fingerprint density at radius 2 is 1.71 bits per heavy atom. The molecular formula is C30H37ClF3N3O5. The summed E-state index contributed by atoms with van der Waals surface area (Å²) < 4.78 is 49.9. The van der Waals surface area contributed by atoms with Crippen LogP contribution in [0.3, 0.4) is 0 Å². The largest absolute Gasteiger partial charge is 0.496 e. The maximum atomic E-state index is 14.6. The zero-order valence-corrected chi connectivity index (χ0v) is 25.0. The van der Waals surface area contributed by atoms with E-state index >= 15 is 0 Å². The predicted molar refractivity (Wildman–Crippen MR) is 150 cm³/mol. The van der Waals surface area contributed by atoms with Crippen molar-refractivity contribution in [1.29, 1.82) is 0 Å². The molecule has 2 aliphatic carbocycles. The number of nitrogens with zero attached hydrogens (tertiary/aromatic N) is 3. The van der Waals surface area contributed by atoms with Crippen LogP contribution in [0.4, 0.5) is 13.2 Å². The Kier molecular flexibility index (Phi) is 9.02. The number of methoxy groups -OCH3 is 1. The number of carbonyl (C=O) groups excluding carboxylic acids is 2. The summed E-state index contributed by atoms with van der Waals surface area (Å²) in [4.78, 5) is 40.5. The highest BCUT2D eigenvalue weighted by Crippen LogP contribution is 2.44. The summed E-state index contributed by atoms with van der Waals surface area (Å²) in [7, 11) is 1.38. The van der Waals surface area contributed by atoms with Crippen LogP contribution in [-0.2, 0) is 11.0 Å². The van der Waals surface area contributed by atoms with E-state index in [-0.39, 0.29) is 47.4 Å². The number of hydrogen-bond donors (Lipinski definition) is 1. The minimum atomic E-state index is -4.91. The van der Waals surface area contributed by atoms with Gasteiger partial charge in [0.1, 0.15) is 5.75 Å². The topological polar surface area (TPSA) is 102 Å². The molecule has 0 saturated heterocycles. The van der Waals surface area contributed by atoms with E-state index in [1.807, 2.05) is 0 Å². The minimum Gasteiger partial charge on any atom is -0.496 e. The van der Waals surface area contributed by atoms with E-state index in [1.54, 1.807) is 19.1 Å². The van der Waals surface area contributed by atoms with Gasteiger partial charge in [0.05, 0.1) is 47.5 Å². The third-order valence-corrected chi connectivity index (χ3v) is 9.33. The summed E-state index contributed by atoms with van der Waals surface area (Å²) in [6.07, 6.45) is -0.740. The summed E-state index contributed by atoms with van der Waals surface area (Å²) in [6.45, 7) is 5.30. The molecule has 0 unspecified atom stereocenters. The molecule has 230 valence electrons. The molecule has 1 heterocycles. The van der Waals surface area contributed by atoms with Crippen LogP contribution >= 0.6 is 11.6 Å². The molecule has 0 bridgehead atoms. The summed E-state index contributed by atoms with van der Waals surface area (Å²) in [5.41, 5.74) is -2.76. The summed E-state index contributed by atoms with van der Waals surface area (Å²) in [5.74, 6) is -2.25. The van der Waals surface area contributed by atoms with Crippen molar-refractivity contribution in [1.82, 2.24) is 14.7 Å². The molecule has 1 aromatic heterocycles. The van der Waals surface area contributed by atoms with Gasteiger partial charge < -0.3 is 14.7 Å². The van der Waals surface area contributed by atoms with E-state index in [1.165, 1.54) is 18.1 Å². The number of hydrogen-bond acceptors (Lipinski definition) is 5. The van der Waals surface area contributed by atoms with Crippen LogP contribution in [0.15, 0.2) is 24.4 Å². The molecule has 2 aromatic rings. The van der Waals surface area contributed by atoms with Gasteiger partial charge in [-0.25, -0.2) is 0 Å². The molecule has 4 rings (SSSR count). The molecule has 2 aliphatic rings. The third kappa shape index (κ3) is 6.45. The molecule has 0 atom stereocenters. The van der Waals surface area contributed by atoms with Crippen molar-refractivity contribution in [3.05, 3.63) is 46.2 Å². The Balaban J connectivity index is 1.71. The maximum Gasteiger partial charge on any atom is 0.433 e. The lowest BCUT2D eigenvalue weighted by Gasteiger charge is -2.40. The number of aromatic nitrogens is 2. The zero-order valence-electron chi connectivity index (χ0n) is 24.3. The molecule has 2 fully saturated rings. The molecule has 8 nitrogen and oxygen atoms in total. The monoisotopic (exact) mass is 611 g/mol. The number of ketones is 1. The van der Waals surface area contributed by atoms with Crippen LogP contribution in [0.5, 0.6) is 5.75 Å². The number of benzene rings is 1. The van der Waals surface area contributed by atoms with E-state index in [2.05, 4.69) is 18.9 Å². The number of aliphatic carboxylic acids is 1. The normalized spacial score (nSPS) is 22.9. The summed E-state index contributed by atoms with van der Waals surface area (Å²) >= 11 is 6.32. The number of ether oxygens (including phenoxy) is 1. The van der Waals surface area contributed by atoms with Gasteiger partial charge in [-0.05, 0) is 75.8 Å². The van der Waals surface area contributed by atoms with Gasteiger partial charge in [-0.15, -0.1) is 0 Å². The van der Waals surface area contributed by atoms with Gasteiger partial charge in [-0.1, -0.05) is 31.5 Å². The Morgan fingerprint density at radius 1 is 1.10 bits per heavy atom. The van der Waals surface area contributed by atoms with Gasteiger partial charge in [-0.2, -0.15) is 18.3 Å². The highest BCUT2D eigenvalue weighted by atomic mass is 35.5. The first kappa shape index (κ1) is 31.8. The highest BCUT2D eigenvalue weighted by Gasteiger charge is 2.46. The van der Waals surface area contributed by atoms with Crippen LogP contribution in [0.2, 0.25) is 5.02 Å². The Hall–Kier alpha value is -3.08. The average molecular weight is 612 g/mol. The van der Waals surface area contributed by atoms with E-state index in [4.69, 9.17) is 16.3 Å². The number of carbonyl (C=O) groups is 3. The summed E-state index contributed by atoms with van der Waals surface area (Å²) in [5, 5.41) is 13.7. The number of alkyl halides is 3. The Labute approximate surface area is 248 Å². The van der Waals surface area contributed by atoms with Gasteiger partial charge in [0.15, 0.2) is 11.5 Å². The van der Waals surface area contributed by atoms with Crippen molar-refractivity contribution in [3.63, 3.8) is 0 Å². The predicted octanol–water partition coefficient (Wildman–Crippen LogP) is 7.06. The maximum absolute atomic E-state index is 14.6. The Morgan fingerprint density at radius 3 is 2.26 bits per heavy atom. The quantitative estimate of drug-likeness (QED) is 0.321. The number of rotatable bonds is 8. The molecule has 0 spiro atoms. The van der Waals surface area contributed by atoms with Gasteiger partial charge >= 0.3 is 12.1 Å². The van der Waals surface area contributed by atoms with Crippen molar-refractivity contribution in [2.24, 2.45) is 10.8 Å². The number of carboxylic acid groups (broad SMARTS) is 1. The smallest absolute Gasteiger partial charge is 0.433 e. The molecule has 0 radical (unpaired) electrons. The fourth-order valence-electron chi connectivity index (χ4n) is 6.17. The SMILES string of the molecule is COc1cccc(Cl)c1C(=O)CN(C(=O)c1cnn([C@H]2CC[C@](C)(C(=O)O)CC2)c1C(F)(F)F)C1CCC(C)(C)CC1. The number of halogens is 4. The molecule has 1 N–H and O–H groups in total. The lowest BCUT2D eigenvalue weighted by atomic mass is 9.74. The van der Waals surface area contributed by atoms with Gasteiger partial charge in [-0.3, -0.25) is 19.1 Å². The molecule has 1 amide bonds. The van der Waals surface area contributed by atoms with Crippen LogP contribution in [-0.4, -0.2) is 57.1 Å². The van der Waals surface area contributed by atoms with Crippen molar-refractivity contribution in [2.45, 2.75) is 90.4 Å². The fraction of sp³-hybridized carbons (Fsp3) is 0.600. The van der Waals surface area contributed by atoms with Crippen LogP contribution in [0.1, 0.15) is 105 Å². The van der Waals surface area contributed by atoms with Crippen LogP contribution in [0.25, 0.3) is 0 Å². The molecule has 2 saturated carbocycles. The van der Waals surface area contributed by atoms with Crippen molar-refractivity contribution in [2.75, 3.05) is 13.7 Å². The lowest BCUT2D eigenvalue weighted by Crippen LogP contribution is -2.46. The Bertz CT molecular complexity index is 1340. The molecule has 0 aliphatic heterocycles. The molecular weight excluding hydrogens is 575 g/mol. The van der Waals surface area contributed by atoms with Gasteiger partial charge in [0.25, 0.3) is 5.91 Å². The lowest BCUT2D eigenvalue weighted by molar-refractivity contribution is -0.152. The van der Waals surface area contributed by atoms with E-state index in [0.717, 1.165) is 23.7 Å². The first-order valence-corrected chi connectivity index (χ1v) is 14.5. The van der Waals surface area contributed by atoms with E-state index in [0.29, 0.717) is 12.8 Å². The number of carboxylic acids is 1.